The van der Waals surface area contributed by atoms with Crippen molar-refractivity contribution in [2.75, 3.05) is 17.5 Å². The van der Waals surface area contributed by atoms with Crippen LogP contribution in [-0.2, 0) is 21.2 Å². The van der Waals surface area contributed by atoms with Gasteiger partial charge in [-0.1, -0.05) is 30.3 Å². The molecule has 1 aromatic heterocycles. The van der Waals surface area contributed by atoms with E-state index >= 15 is 0 Å². The third-order valence-electron chi connectivity index (χ3n) is 4.82. The molecule has 1 aliphatic heterocycles. The average molecular weight is 416 g/mol. The van der Waals surface area contributed by atoms with E-state index in [2.05, 4.69) is 4.72 Å². The molecule has 1 atom stereocenters. The standard InChI is InChI=1S/C20H21N3O3S2/c1-28(25,26)22-15-8-3-2-7-14(15)13-19(24)23-12-6-10-17(23)20-21-16-9-4-5-11-18(16)27-20/h2-5,7-9,11,17,22H,6,10,12-13H2,1H3. The van der Waals surface area contributed by atoms with Crippen LogP contribution in [0.25, 0.3) is 10.2 Å². The molecular formula is C20H21N3O3S2. The van der Waals surface area contributed by atoms with Crippen molar-refractivity contribution < 1.29 is 13.2 Å². The van der Waals surface area contributed by atoms with Crippen molar-refractivity contribution in [2.24, 2.45) is 0 Å². The number of thiazole rings is 1. The number of sulfonamides is 1. The highest BCUT2D eigenvalue weighted by atomic mass is 32.2. The van der Waals surface area contributed by atoms with Gasteiger partial charge in [0, 0.05) is 6.54 Å². The number of para-hydroxylation sites is 2. The highest BCUT2D eigenvalue weighted by molar-refractivity contribution is 7.92. The fraction of sp³-hybridized carbons (Fsp3) is 0.300. The van der Waals surface area contributed by atoms with Crippen LogP contribution in [0.1, 0.15) is 29.5 Å². The Kier molecular flexibility index (Phi) is 5.07. The maximum absolute atomic E-state index is 13.1. The van der Waals surface area contributed by atoms with Crippen LogP contribution in [0.15, 0.2) is 48.5 Å². The maximum Gasteiger partial charge on any atom is 0.229 e. The van der Waals surface area contributed by atoms with Crippen LogP contribution in [0.2, 0.25) is 0 Å². The Labute approximate surface area is 168 Å². The van der Waals surface area contributed by atoms with Crippen LogP contribution in [-0.4, -0.2) is 37.0 Å². The highest BCUT2D eigenvalue weighted by Crippen LogP contribution is 2.37. The summed E-state index contributed by atoms with van der Waals surface area (Å²) < 4.78 is 26.8. The van der Waals surface area contributed by atoms with Gasteiger partial charge in [-0.05, 0) is 36.6 Å². The van der Waals surface area contributed by atoms with Crippen LogP contribution in [0, 0.1) is 0 Å². The number of nitrogens with zero attached hydrogens (tertiary/aromatic N) is 2. The molecule has 1 unspecified atom stereocenters. The Morgan fingerprint density at radius 3 is 2.75 bits per heavy atom. The van der Waals surface area contributed by atoms with E-state index in [1.54, 1.807) is 29.5 Å². The molecule has 0 spiro atoms. The molecule has 0 radical (unpaired) electrons. The number of fused-ring (bicyclic) bond motifs is 1. The van der Waals surface area contributed by atoms with E-state index in [-0.39, 0.29) is 18.4 Å². The van der Waals surface area contributed by atoms with Gasteiger partial charge < -0.3 is 4.90 Å². The number of aromatic nitrogens is 1. The predicted octanol–water partition coefficient (Wildman–Crippen LogP) is 3.57. The summed E-state index contributed by atoms with van der Waals surface area (Å²) in [6.07, 6.45) is 3.10. The second-order valence-electron chi connectivity index (χ2n) is 6.97. The molecule has 146 valence electrons. The summed E-state index contributed by atoms with van der Waals surface area (Å²) >= 11 is 1.64. The van der Waals surface area contributed by atoms with Gasteiger partial charge in [-0.3, -0.25) is 9.52 Å². The van der Waals surface area contributed by atoms with Gasteiger partial charge in [-0.2, -0.15) is 0 Å². The Bertz CT molecular complexity index is 1090. The zero-order chi connectivity index (χ0) is 19.7. The number of benzene rings is 2. The zero-order valence-electron chi connectivity index (χ0n) is 15.5. The normalized spacial score (nSPS) is 17.2. The van der Waals surface area contributed by atoms with Crippen LogP contribution in [0.3, 0.4) is 0 Å². The summed E-state index contributed by atoms with van der Waals surface area (Å²) in [5, 5.41) is 0.967. The van der Waals surface area contributed by atoms with Gasteiger partial charge in [0.05, 0.1) is 34.6 Å². The van der Waals surface area contributed by atoms with Gasteiger partial charge in [0.1, 0.15) is 5.01 Å². The van der Waals surface area contributed by atoms with E-state index in [1.165, 1.54) is 0 Å². The van der Waals surface area contributed by atoms with E-state index < -0.39 is 10.0 Å². The monoisotopic (exact) mass is 415 g/mol. The summed E-state index contributed by atoms with van der Waals surface area (Å²) in [4.78, 5) is 19.7. The predicted molar refractivity (Wildman–Crippen MR) is 112 cm³/mol. The van der Waals surface area contributed by atoms with Crippen LogP contribution in [0.4, 0.5) is 5.69 Å². The molecule has 4 rings (SSSR count). The average Bonchev–Trinajstić information content (AvgIpc) is 3.28. The van der Waals surface area contributed by atoms with Crippen molar-refractivity contribution in [1.29, 1.82) is 0 Å². The smallest absolute Gasteiger partial charge is 0.229 e. The second kappa shape index (κ2) is 7.52. The number of carbonyl (C=O) groups excluding carboxylic acids is 1. The lowest BCUT2D eigenvalue weighted by atomic mass is 10.1. The van der Waals surface area contributed by atoms with E-state index in [0.717, 1.165) is 34.3 Å². The van der Waals surface area contributed by atoms with Gasteiger partial charge in [0.15, 0.2) is 0 Å². The first-order chi connectivity index (χ1) is 13.4. The van der Waals surface area contributed by atoms with Gasteiger partial charge in [0.25, 0.3) is 0 Å². The fourth-order valence-corrected chi connectivity index (χ4v) is 5.31. The number of rotatable bonds is 5. The number of amides is 1. The first-order valence-electron chi connectivity index (χ1n) is 9.11. The van der Waals surface area contributed by atoms with E-state index in [1.807, 2.05) is 35.2 Å². The van der Waals surface area contributed by atoms with Crippen molar-refractivity contribution in [3.63, 3.8) is 0 Å². The largest absolute Gasteiger partial charge is 0.333 e. The summed E-state index contributed by atoms with van der Waals surface area (Å²) in [6, 6.07) is 15.0. The third-order valence-corrected chi connectivity index (χ3v) is 6.55. The second-order valence-corrected chi connectivity index (χ2v) is 9.78. The molecule has 6 nitrogen and oxygen atoms in total. The van der Waals surface area contributed by atoms with Gasteiger partial charge in [0.2, 0.25) is 15.9 Å². The topological polar surface area (TPSA) is 79.4 Å². The molecular weight excluding hydrogens is 394 g/mol. The minimum absolute atomic E-state index is 0.00972. The maximum atomic E-state index is 13.1. The molecule has 0 aliphatic carbocycles. The van der Waals surface area contributed by atoms with E-state index in [4.69, 9.17) is 4.98 Å². The minimum atomic E-state index is -3.41. The van der Waals surface area contributed by atoms with Gasteiger partial charge in [-0.25, -0.2) is 13.4 Å². The molecule has 2 aromatic carbocycles. The Hall–Kier alpha value is -2.45. The summed E-state index contributed by atoms with van der Waals surface area (Å²) in [6.45, 7) is 0.696. The Morgan fingerprint density at radius 2 is 1.96 bits per heavy atom. The van der Waals surface area contributed by atoms with Crippen molar-refractivity contribution in [2.45, 2.75) is 25.3 Å². The molecule has 2 heterocycles. The van der Waals surface area contributed by atoms with Crippen molar-refractivity contribution in [1.82, 2.24) is 9.88 Å². The Morgan fingerprint density at radius 1 is 1.21 bits per heavy atom. The van der Waals surface area contributed by atoms with Gasteiger partial charge >= 0.3 is 0 Å². The summed E-state index contributed by atoms with van der Waals surface area (Å²) in [5.41, 5.74) is 2.09. The fourth-order valence-electron chi connectivity index (χ4n) is 3.59. The lowest BCUT2D eigenvalue weighted by Crippen LogP contribution is -2.32. The molecule has 1 aliphatic rings. The van der Waals surface area contributed by atoms with Crippen LogP contribution in [0.5, 0.6) is 0 Å². The lowest BCUT2D eigenvalue weighted by Gasteiger charge is -2.23. The molecule has 1 saturated heterocycles. The SMILES string of the molecule is CS(=O)(=O)Nc1ccccc1CC(=O)N1CCCC1c1nc2ccccc2s1. The van der Waals surface area contributed by atoms with E-state index in [0.29, 0.717) is 17.8 Å². The zero-order valence-corrected chi connectivity index (χ0v) is 17.1. The van der Waals surface area contributed by atoms with Crippen molar-refractivity contribution >= 4 is 43.2 Å². The summed E-state index contributed by atoms with van der Waals surface area (Å²) in [7, 11) is -3.41. The van der Waals surface area contributed by atoms with Crippen LogP contribution >= 0.6 is 11.3 Å². The number of hydrogen-bond acceptors (Lipinski definition) is 5. The molecule has 0 saturated carbocycles. The third kappa shape index (κ3) is 4.02. The lowest BCUT2D eigenvalue weighted by molar-refractivity contribution is -0.131. The van der Waals surface area contributed by atoms with Crippen LogP contribution < -0.4 is 4.72 Å². The number of nitrogens with one attached hydrogen (secondary N) is 1. The first kappa shape index (κ1) is 18.9. The van der Waals surface area contributed by atoms with Crippen molar-refractivity contribution in [3.8, 4) is 0 Å². The minimum Gasteiger partial charge on any atom is -0.333 e. The molecule has 28 heavy (non-hydrogen) atoms. The molecule has 1 N–H and O–H groups in total. The van der Waals surface area contributed by atoms with Gasteiger partial charge in [-0.15, -0.1) is 11.3 Å². The highest BCUT2D eigenvalue weighted by Gasteiger charge is 2.32. The summed E-state index contributed by atoms with van der Waals surface area (Å²) in [5.74, 6) is -0.00972. The quantitative estimate of drug-likeness (QED) is 0.691. The Balaban J connectivity index is 1.56. The number of hydrogen-bond donors (Lipinski definition) is 1. The molecule has 0 bridgehead atoms. The molecule has 1 fully saturated rings. The van der Waals surface area contributed by atoms with Crippen molar-refractivity contribution in [3.05, 3.63) is 59.1 Å². The molecule has 8 heteroatoms. The first-order valence-corrected chi connectivity index (χ1v) is 11.8. The molecule has 3 aromatic rings. The number of likely N-dealkylation sites (tertiary alicyclic amines) is 1. The number of anilines is 1. The van der Waals surface area contributed by atoms with E-state index in [9.17, 15) is 13.2 Å². The molecule has 1 amide bonds. The number of carbonyl (C=O) groups is 1.